The fourth-order valence-electron chi connectivity index (χ4n) is 5.14. The van der Waals surface area contributed by atoms with Crippen LogP contribution < -0.4 is 11.5 Å². The first-order valence-corrected chi connectivity index (χ1v) is 9.83. The van der Waals surface area contributed by atoms with E-state index in [2.05, 4.69) is 0 Å². The first-order chi connectivity index (χ1) is 11.1. The Balaban J connectivity index is 1.42. The molecule has 0 spiro atoms. The first kappa shape index (κ1) is 17.2. The van der Waals surface area contributed by atoms with Gasteiger partial charge in [0.1, 0.15) is 6.10 Å². The number of ether oxygens (including phenoxy) is 1. The Hall–Kier alpha value is -0.610. The normalized spacial score (nSPS) is 39.8. The van der Waals surface area contributed by atoms with Crippen LogP contribution in [-0.4, -0.2) is 24.2 Å². The first-order valence-electron chi connectivity index (χ1n) is 9.83. The lowest BCUT2D eigenvalue weighted by Gasteiger charge is -2.36. The summed E-state index contributed by atoms with van der Waals surface area (Å²) >= 11 is 0. The van der Waals surface area contributed by atoms with E-state index in [0.29, 0.717) is 0 Å². The van der Waals surface area contributed by atoms with Crippen LogP contribution in [0, 0.1) is 17.8 Å². The molecule has 3 fully saturated rings. The van der Waals surface area contributed by atoms with E-state index in [1.807, 2.05) is 0 Å². The minimum Gasteiger partial charge on any atom is -0.462 e. The summed E-state index contributed by atoms with van der Waals surface area (Å²) in [7, 11) is 0. The van der Waals surface area contributed by atoms with E-state index in [9.17, 15) is 4.79 Å². The van der Waals surface area contributed by atoms with Crippen molar-refractivity contribution in [1.29, 1.82) is 0 Å². The van der Waals surface area contributed by atoms with Gasteiger partial charge in [-0.15, -0.1) is 0 Å². The molecule has 2 atom stereocenters. The van der Waals surface area contributed by atoms with Gasteiger partial charge in [0.05, 0.1) is 5.92 Å². The zero-order chi connectivity index (χ0) is 16.2. The average molecular weight is 322 g/mol. The van der Waals surface area contributed by atoms with Gasteiger partial charge in [0, 0.05) is 12.1 Å². The standard InChI is InChI=1S/C19H34N2O2/c20-16-10-15(11-17(21)12-16)19(22)23-18-8-6-14(7-9-18)13-4-2-1-3-5-13/h13-18H,1-12,20-21H2. The smallest absolute Gasteiger partial charge is 0.309 e. The molecule has 0 aromatic heterocycles. The van der Waals surface area contributed by atoms with Crippen molar-refractivity contribution < 1.29 is 9.53 Å². The Morgan fingerprint density at radius 2 is 1.30 bits per heavy atom. The lowest BCUT2D eigenvalue weighted by molar-refractivity contribution is -0.157. The van der Waals surface area contributed by atoms with E-state index in [4.69, 9.17) is 16.2 Å². The molecule has 0 aromatic rings. The molecule has 3 saturated carbocycles. The third kappa shape index (κ3) is 4.69. The molecule has 4 heteroatoms. The zero-order valence-corrected chi connectivity index (χ0v) is 14.4. The third-order valence-corrected chi connectivity index (χ3v) is 6.43. The minimum atomic E-state index is -0.0789. The summed E-state index contributed by atoms with van der Waals surface area (Å²) in [6.07, 6.45) is 14.1. The van der Waals surface area contributed by atoms with Gasteiger partial charge in [-0.2, -0.15) is 0 Å². The second-order valence-electron chi connectivity index (χ2n) is 8.30. The number of rotatable bonds is 3. The van der Waals surface area contributed by atoms with Gasteiger partial charge in [-0.1, -0.05) is 32.1 Å². The van der Waals surface area contributed by atoms with Gasteiger partial charge in [0.2, 0.25) is 0 Å². The van der Waals surface area contributed by atoms with Gasteiger partial charge in [0.15, 0.2) is 0 Å². The van der Waals surface area contributed by atoms with Crippen LogP contribution in [0.4, 0.5) is 0 Å². The Bertz CT molecular complexity index is 377. The largest absolute Gasteiger partial charge is 0.462 e. The maximum Gasteiger partial charge on any atom is 0.309 e. The molecule has 2 unspecified atom stereocenters. The Kier molecular flexibility index (Phi) is 5.97. The molecule has 0 heterocycles. The molecule has 0 amide bonds. The van der Waals surface area contributed by atoms with Crippen molar-refractivity contribution in [3.63, 3.8) is 0 Å². The van der Waals surface area contributed by atoms with Crippen LogP contribution in [0.3, 0.4) is 0 Å². The van der Waals surface area contributed by atoms with Crippen LogP contribution in [-0.2, 0) is 9.53 Å². The Labute approximate surface area is 140 Å². The quantitative estimate of drug-likeness (QED) is 0.783. The van der Waals surface area contributed by atoms with E-state index in [1.54, 1.807) is 0 Å². The maximum absolute atomic E-state index is 12.4. The highest BCUT2D eigenvalue weighted by Gasteiger charge is 2.34. The fourth-order valence-corrected chi connectivity index (χ4v) is 5.14. The van der Waals surface area contributed by atoms with Crippen molar-refractivity contribution in [2.75, 3.05) is 0 Å². The number of hydrogen-bond acceptors (Lipinski definition) is 4. The molecule has 0 aromatic carbocycles. The summed E-state index contributed by atoms with van der Waals surface area (Å²) < 4.78 is 5.81. The Morgan fingerprint density at radius 3 is 1.91 bits per heavy atom. The molecule has 0 bridgehead atoms. The van der Waals surface area contributed by atoms with E-state index >= 15 is 0 Å². The molecular formula is C19H34N2O2. The van der Waals surface area contributed by atoms with Gasteiger partial charge >= 0.3 is 5.97 Å². The van der Waals surface area contributed by atoms with Gasteiger partial charge in [-0.25, -0.2) is 0 Å². The lowest BCUT2D eigenvalue weighted by Crippen LogP contribution is -2.43. The predicted molar refractivity (Wildman–Crippen MR) is 91.7 cm³/mol. The van der Waals surface area contributed by atoms with Crippen molar-refractivity contribution in [2.45, 2.75) is 95.2 Å². The molecule has 0 saturated heterocycles. The molecule has 3 aliphatic rings. The molecule has 3 aliphatic carbocycles. The van der Waals surface area contributed by atoms with Crippen molar-refractivity contribution in [2.24, 2.45) is 29.2 Å². The van der Waals surface area contributed by atoms with Crippen molar-refractivity contribution >= 4 is 5.97 Å². The van der Waals surface area contributed by atoms with Gasteiger partial charge in [-0.3, -0.25) is 4.79 Å². The zero-order valence-electron chi connectivity index (χ0n) is 14.4. The van der Waals surface area contributed by atoms with Crippen LogP contribution >= 0.6 is 0 Å². The molecular weight excluding hydrogens is 288 g/mol. The summed E-state index contributed by atoms with van der Waals surface area (Å²) in [4.78, 5) is 12.4. The third-order valence-electron chi connectivity index (χ3n) is 6.43. The maximum atomic E-state index is 12.4. The highest BCUT2D eigenvalue weighted by atomic mass is 16.5. The van der Waals surface area contributed by atoms with Gasteiger partial charge in [0.25, 0.3) is 0 Å². The molecule has 4 N–H and O–H groups in total. The average Bonchev–Trinajstić information content (AvgIpc) is 2.55. The fraction of sp³-hybridized carbons (Fsp3) is 0.947. The van der Waals surface area contributed by atoms with E-state index < -0.39 is 0 Å². The molecule has 4 nitrogen and oxygen atoms in total. The topological polar surface area (TPSA) is 78.3 Å². The van der Waals surface area contributed by atoms with Crippen LogP contribution in [0.5, 0.6) is 0 Å². The van der Waals surface area contributed by atoms with Crippen LogP contribution in [0.1, 0.15) is 77.0 Å². The van der Waals surface area contributed by atoms with Crippen LogP contribution in [0.15, 0.2) is 0 Å². The minimum absolute atomic E-state index is 0.0447. The molecule has 3 rings (SSSR count). The van der Waals surface area contributed by atoms with Gasteiger partial charge in [-0.05, 0) is 56.8 Å². The number of carbonyl (C=O) groups is 1. The summed E-state index contributed by atoms with van der Waals surface area (Å²) in [5.41, 5.74) is 12.0. The van der Waals surface area contributed by atoms with Crippen molar-refractivity contribution in [3.8, 4) is 0 Å². The van der Waals surface area contributed by atoms with Crippen LogP contribution in [0.25, 0.3) is 0 Å². The highest BCUT2D eigenvalue weighted by molar-refractivity contribution is 5.73. The van der Waals surface area contributed by atoms with Crippen molar-refractivity contribution in [1.82, 2.24) is 0 Å². The second kappa shape index (κ2) is 7.98. The monoisotopic (exact) mass is 322 g/mol. The Morgan fingerprint density at radius 1 is 0.739 bits per heavy atom. The summed E-state index contributed by atoms with van der Waals surface area (Å²) in [5, 5.41) is 0. The molecule has 0 aliphatic heterocycles. The number of hydrogen-bond donors (Lipinski definition) is 2. The highest BCUT2D eigenvalue weighted by Crippen LogP contribution is 2.39. The van der Waals surface area contributed by atoms with Crippen molar-refractivity contribution in [3.05, 3.63) is 0 Å². The van der Waals surface area contributed by atoms with Crippen LogP contribution in [0.2, 0.25) is 0 Å². The SMILES string of the molecule is NC1CC(N)CC(C(=O)OC2CCC(C3CCCCC3)CC2)C1. The predicted octanol–water partition coefficient (Wildman–Crippen LogP) is 3.12. The number of nitrogens with two attached hydrogens (primary N) is 2. The summed E-state index contributed by atoms with van der Waals surface area (Å²) in [5.74, 6) is 1.69. The second-order valence-corrected chi connectivity index (χ2v) is 8.30. The molecule has 23 heavy (non-hydrogen) atoms. The van der Waals surface area contributed by atoms with E-state index in [0.717, 1.165) is 43.9 Å². The molecule has 0 radical (unpaired) electrons. The lowest BCUT2D eigenvalue weighted by atomic mass is 9.73. The van der Waals surface area contributed by atoms with Gasteiger partial charge < -0.3 is 16.2 Å². The van der Waals surface area contributed by atoms with E-state index in [-0.39, 0.29) is 30.1 Å². The summed E-state index contributed by atoms with van der Waals surface area (Å²) in [6.45, 7) is 0. The molecule has 132 valence electrons. The number of esters is 1. The van der Waals surface area contributed by atoms with E-state index in [1.165, 1.54) is 44.9 Å². The summed E-state index contributed by atoms with van der Waals surface area (Å²) in [6, 6.07) is 0.108. The number of carbonyl (C=O) groups excluding carboxylic acids is 1.